The fourth-order valence-electron chi connectivity index (χ4n) is 2.36. The molecule has 9 heteroatoms. The van der Waals surface area contributed by atoms with Crippen LogP contribution in [0.25, 0.3) is 0 Å². The molecule has 1 aromatic carbocycles. The molecular weight excluding hydrogens is 310 g/mol. The van der Waals surface area contributed by atoms with Crippen LogP contribution in [0.15, 0.2) is 24.5 Å². The van der Waals surface area contributed by atoms with Crippen molar-refractivity contribution in [3.63, 3.8) is 0 Å². The first kappa shape index (κ1) is 14.3. The van der Waals surface area contributed by atoms with Crippen LogP contribution >= 0.6 is 11.6 Å². The smallest absolute Gasteiger partial charge is 0.353 e. The van der Waals surface area contributed by atoms with Gasteiger partial charge in [-0.3, -0.25) is 10.1 Å². The number of halogens is 1. The molecule has 1 aromatic heterocycles. The molecule has 1 atom stereocenters. The molecule has 0 amide bonds. The van der Waals surface area contributed by atoms with Gasteiger partial charge in [0.15, 0.2) is 0 Å². The summed E-state index contributed by atoms with van der Waals surface area (Å²) >= 11 is 6.01. The molecule has 114 valence electrons. The number of nitrogens with zero attached hydrogens (tertiary/aromatic N) is 3. The molecule has 3 N–H and O–H groups in total. The summed E-state index contributed by atoms with van der Waals surface area (Å²) in [5.41, 5.74) is 6.06. The van der Waals surface area contributed by atoms with Gasteiger partial charge in [0.2, 0.25) is 11.6 Å². The van der Waals surface area contributed by atoms with E-state index >= 15 is 0 Å². The number of rotatable bonds is 3. The fraction of sp³-hybridized carbons (Fsp3) is 0.231. The van der Waals surface area contributed by atoms with E-state index in [1.165, 1.54) is 6.33 Å². The molecule has 2 heterocycles. The monoisotopic (exact) mass is 321 g/mol. The largest absolute Gasteiger partial charge is 0.493 e. The average molecular weight is 322 g/mol. The highest BCUT2D eigenvalue weighted by atomic mass is 35.5. The van der Waals surface area contributed by atoms with E-state index in [0.717, 1.165) is 5.56 Å². The summed E-state index contributed by atoms with van der Waals surface area (Å²) in [4.78, 5) is 18.1. The van der Waals surface area contributed by atoms with E-state index in [1.54, 1.807) is 18.2 Å². The second-order valence-corrected chi connectivity index (χ2v) is 5.17. The molecule has 0 fully saturated rings. The van der Waals surface area contributed by atoms with Gasteiger partial charge in [0.1, 0.15) is 12.1 Å². The number of anilines is 2. The summed E-state index contributed by atoms with van der Waals surface area (Å²) in [6.07, 6.45) is 1.80. The summed E-state index contributed by atoms with van der Waals surface area (Å²) in [5.74, 6) is 0.592. The Kier molecular flexibility index (Phi) is 3.68. The van der Waals surface area contributed by atoms with E-state index < -0.39 is 4.92 Å². The molecule has 0 saturated carbocycles. The molecule has 1 aliphatic heterocycles. The molecule has 0 aliphatic carbocycles. The van der Waals surface area contributed by atoms with Gasteiger partial charge in [-0.2, -0.15) is 0 Å². The second kappa shape index (κ2) is 5.64. The number of aromatic nitrogens is 2. The molecule has 0 saturated heterocycles. The van der Waals surface area contributed by atoms with Crippen LogP contribution in [0.4, 0.5) is 17.3 Å². The predicted molar refractivity (Wildman–Crippen MR) is 81.0 cm³/mol. The van der Waals surface area contributed by atoms with Crippen molar-refractivity contribution in [3.05, 3.63) is 45.2 Å². The van der Waals surface area contributed by atoms with Gasteiger partial charge in [-0.05, 0) is 18.2 Å². The first-order chi connectivity index (χ1) is 10.6. The van der Waals surface area contributed by atoms with Gasteiger partial charge in [0.25, 0.3) is 0 Å². The van der Waals surface area contributed by atoms with Crippen LogP contribution in [0.1, 0.15) is 18.0 Å². The van der Waals surface area contributed by atoms with Crippen molar-refractivity contribution in [1.29, 1.82) is 0 Å². The van der Waals surface area contributed by atoms with Crippen molar-refractivity contribution in [2.24, 2.45) is 0 Å². The fourth-order valence-corrected chi connectivity index (χ4v) is 2.54. The third-order valence-electron chi connectivity index (χ3n) is 3.36. The van der Waals surface area contributed by atoms with E-state index in [-0.39, 0.29) is 23.4 Å². The summed E-state index contributed by atoms with van der Waals surface area (Å²) in [6, 6.07) is 5.06. The Morgan fingerprint density at radius 3 is 3.05 bits per heavy atom. The number of benzene rings is 1. The number of nitrogens with two attached hydrogens (primary N) is 1. The zero-order valence-electron chi connectivity index (χ0n) is 11.3. The molecule has 2 aromatic rings. The lowest BCUT2D eigenvalue weighted by Crippen LogP contribution is -2.21. The Labute approximate surface area is 130 Å². The second-order valence-electron chi connectivity index (χ2n) is 4.73. The molecule has 0 spiro atoms. The Balaban J connectivity index is 1.98. The van der Waals surface area contributed by atoms with Gasteiger partial charge in [-0.15, -0.1) is 0 Å². The maximum absolute atomic E-state index is 11.1. The van der Waals surface area contributed by atoms with Crippen LogP contribution in [0.2, 0.25) is 5.02 Å². The quantitative estimate of drug-likeness (QED) is 0.659. The standard InChI is InChI=1S/C13H12ClN5O3/c14-7-1-2-10-8(5-7)9(3-4-22-10)18-13-11(19(20)21)12(15)16-6-17-13/h1-2,5-6,9H,3-4H2,(H3,15,16,17,18). The summed E-state index contributed by atoms with van der Waals surface area (Å²) in [5, 5.41) is 14.8. The van der Waals surface area contributed by atoms with Crippen LogP contribution in [0.3, 0.4) is 0 Å². The van der Waals surface area contributed by atoms with E-state index in [0.29, 0.717) is 23.8 Å². The van der Waals surface area contributed by atoms with E-state index in [2.05, 4.69) is 15.3 Å². The van der Waals surface area contributed by atoms with Crippen LogP contribution in [0.5, 0.6) is 5.75 Å². The van der Waals surface area contributed by atoms with Gasteiger partial charge in [0.05, 0.1) is 17.6 Å². The molecule has 3 rings (SSSR count). The Hall–Kier alpha value is -2.61. The molecule has 0 radical (unpaired) electrons. The predicted octanol–water partition coefficient (Wildman–Crippen LogP) is 2.56. The van der Waals surface area contributed by atoms with Gasteiger partial charge in [0, 0.05) is 17.0 Å². The number of nitro groups is 1. The summed E-state index contributed by atoms with van der Waals surface area (Å²) in [6.45, 7) is 0.487. The van der Waals surface area contributed by atoms with Crippen molar-refractivity contribution in [2.75, 3.05) is 17.7 Å². The minimum absolute atomic E-state index is 0.0790. The van der Waals surface area contributed by atoms with Gasteiger partial charge in [-0.1, -0.05) is 11.6 Å². The minimum Gasteiger partial charge on any atom is -0.493 e. The Morgan fingerprint density at radius 2 is 2.27 bits per heavy atom. The zero-order chi connectivity index (χ0) is 15.7. The molecule has 8 nitrogen and oxygen atoms in total. The first-order valence-corrected chi connectivity index (χ1v) is 6.87. The minimum atomic E-state index is -0.601. The maximum Gasteiger partial charge on any atom is 0.353 e. The van der Waals surface area contributed by atoms with E-state index in [4.69, 9.17) is 22.1 Å². The highest BCUT2D eigenvalue weighted by Crippen LogP contribution is 2.37. The number of ether oxygens (including phenoxy) is 1. The third kappa shape index (κ3) is 2.60. The SMILES string of the molecule is Nc1ncnc(NC2CCOc3ccc(Cl)cc32)c1[N+](=O)[O-]. The number of hydrogen-bond acceptors (Lipinski definition) is 7. The normalized spacial score (nSPS) is 16.5. The molecule has 1 unspecified atom stereocenters. The highest BCUT2D eigenvalue weighted by Gasteiger charge is 2.27. The van der Waals surface area contributed by atoms with Crippen molar-refractivity contribution in [3.8, 4) is 5.75 Å². The Morgan fingerprint density at radius 1 is 1.45 bits per heavy atom. The van der Waals surface area contributed by atoms with Gasteiger partial charge in [-0.25, -0.2) is 9.97 Å². The van der Waals surface area contributed by atoms with Crippen molar-refractivity contribution < 1.29 is 9.66 Å². The zero-order valence-corrected chi connectivity index (χ0v) is 12.1. The van der Waals surface area contributed by atoms with E-state index in [1.807, 2.05) is 0 Å². The topological polar surface area (TPSA) is 116 Å². The van der Waals surface area contributed by atoms with Crippen LogP contribution in [-0.2, 0) is 0 Å². The first-order valence-electron chi connectivity index (χ1n) is 6.50. The number of fused-ring (bicyclic) bond motifs is 1. The number of nitrogens with one attached hydrogen (secondary N) is 1. The molecular formula is C13H12ClN5O3. The number of nitrogen functional groups attached to an aromatic ring is 1. The third-order valence-corrected chi connectivity index (χ3v) is 3.59. The van der Waals surface area contributed by atoms with Crippen molar-refractivity contribution in [2.45, 2.75) is 12.5 Å². The Bertz CT molecular complexity index is 740. The summed E-state index contributed by atoms with van der Waals surface area (Å²) < 4.78 is 5.56. The molecule has 22 heavy (non-hydrogen) atoms. The van der Waals surface area contributed by atoms with Gasteiger partial charge >= 0.3 is 5.69 Å². The van der Waals surface area contributed by atoms with Crippen molar-refractivity contribution >= 4 is 28.9 Å². The molecule has 0 bridgehead atoms. The number of hydrogen-bond donors (Lipinski definition) is 2. The van der Waals surface area contributed by atoms with Crippen LogP contribution in [-0.4, -0.2) is 21.5 Å². The molecule has 1 aliphatic rings. The summed E-state index contributed by atoms with van der Waals surface area (Å²) in [7, 11) is 0. The maximum atomic E-state index is 11.1. The average Bonchev–Trinajstić information content (AvgIpc) is 2.47. The van der Waals surface area contributed by atoms with Crippen LogP contribution < -0.4 is 15.8 Å². The lowest BCUT2D eigenvalue weighted by Gasteiger charge is -2.27. The highest BCUT2D eigenvalue weighted by molar-refractivity contribution is 6.30. The van der Waals surface area contributed by atoms with E-state index in [9.17, 15) is 10.1 Å². The van der Waals surface area contributed by atoms with Gasteiger partial charge < -0.3 is 15.8 Å². The van der Waals surface area contributed by atoms with Crippen LogP contribution in [0, 0.1) is 10.1 Å². The lowest BCUT2D eigenvalue weighted by molar-refractivity contribution is -0.383. The van der Waals surface area contributed by atoms with Crippen molar-refractivity contribution in [1.82, 2.24) is 9.97 Å². The lowest BCUT2D eigenvalue weighted by atomic mass is 10.0.